The molecule has 0 spiro atoms. The van der Waals surface area contributed by atoms with Crippen LogP contribution in [0.5, 0.6) is 0 Å². The Morgan fingerprint density at radius 2 is 2.64 bits per heavy atom. The average Bonchev–Trinajstić information content (AvgIpc) is 2.55. The molecule has 58 valence electrons. The van der Waals surface area contributed by atoms with Crippen molar-refractivity contribution in [3.05, 3.63) is 24.2 Å². The van der Waals surface area contributed by atoms with Crippen LogP contribution in [0.1, 0.15) is 18.6 Å². The van der Waals surface area contributed by atoms with Crippen LogP contribution in [0.15, 0.2) is 27.9 Å². The van der Waals surface area contributed by atoms with Crippen molar-refractivity contribution in [1.82, 2.24) is 5.43 Å². The van der Waals surface area contributed by atoms with E-state index in [4.69, 9.17) is 4.42 Å². The second-order valence-corrected chi connectivity index (χ2v) is 2.68. The van der Waals surface area contributed by atoms with E-state index in [1.54, 1.807) is 6.26 Å². The third-order valence-electron chi connectivity index (χ3n) is 1.94. The molecule has 0 amide bonds. The molecule has 2 rings (SSSR count). The molecule has 1 aromatic rings. The molecule has 1 N–H and O–H groups in total. The monoisotopic (exact) mass is 150 g/mol. The largest absolute Gasteiger partial charge is 0.469 e. The first-order valence-corrected chi connectivity index (χ1v) is 3.68. The van der Waals surface area contributed by atoms with Crippen molar-refractivity contribution in [1.29, 1.82) is 0 Å². The molecule has 2 heterocycles. The standard InChI is InChI=1S/C8H10N2O/c1-6-7(5-9-10-6)8-3-2-4-11-8/h2-4,7,9H,5H2,1H3. The summed E-state index contributed by atoms with van der Waals surface area (Å²) in [6, 6.07) is 3.89. The average molecular weight is 150 g/mol. The van der Waals surface area contributed by atoms with E-state index in [-0.39, 0.29) is 0 Å². The molecule has 3 heteroatoms. The zero-order chi connectivity index (χ0) is 7.68. The van der Waals surface area contributed by atoms with Gasteiger partial charge in [0.2, 0.25) is 0 Å². The van der Waals surface area contributed by atoms with Gasteiger partial charge < -0.3 is 9.84 Å². The van der Waals surface area contributed by atoms with E-state index in [0.29, 0.717) is 5.92 Å². The lowest BCUT2D eigenvalue weighted by Crippen LogP contribution is -2.10. The summed E-state index contributed by atoms with van der Waals surface area (Å²) in [7, 11) is 0. The smallest absolute Gasteiger partial charge is 0.114 e. The highest BCUT2D eigenvalue weighted by atomic mass is 16.3. The molecule has 1 aliphatic rings. The number of nitrogens with one attached hydrogen (secondary N) is 1. The zero-order valence-electron chi connectivity index (χ0n) is 6.37. The fourth-order valence-corrected chi connectivity index (χ4v) is 1.28. The lowest BCUT2D eigenvalue weighted by atomic mass is 10.0. The van der Waals surface area contributed by atoms with Crippen molar-refractivity contribution in [2.45, 2.75) is 12.8 Å². The molecule has 0 saturated carbocycles. The van der Waals surface area contributed by atoms with Crippen LogP contribution in [-0.4, -0.2) is 12.3 Å². The lowest BCUT2D eigenvalue weighted by molar-refractivity contribution is 0.497. The number of furan rings is 1. The van der Waals surface area contributed by atoms with E-state index in [1.165, 1.54) is 0 Å². The molecule has 1 aliphatic heterocycles. The summed E-state index contributed by atoms with van der Waals surface area (Å²) in [6.45, 7) is 2.87. The Kier molecular flexibility index (Phi) is 1.42. The van der Waals surface area contributed by atoms with Crippen molar-refractivity contribution in [3.8, 4) is 0 Å². The van der Waals surface area contributed by atoms with Gasteiger partial charge in [-0.25, -0.2) is 0 Å². The highest BCUT2D eigenvalue weighted by Gasteiger charge is 2.21. The Morgan fingerprint density at radius 1 is 1.73 bits per heavy atom. The zero-order valence-corrected chi connectivity index (χ0v) is 6.37. The Hall–Kier alpha value is -1.25. The van der Waals surface area contributed by atoms with Crippen LogP contribution in [0.2, 0.25) is 0 Å². The van der Waals surface area contributed by atoms with Crippen LogP contribution in [0.3, 0.4) is 0 Å². The van der Waals surface area contributed by atoms with Gasteiger partial charge in [0, 0.05) is 12.3 Å². The SMILES string of the molecule is CC1=NNCC1c1ccco1. The molecule has 0 aromatic carbocycles. The number of hydrazone groups is 1. The molecule has 1 aromatic heterocycles. The molecule has 0 aliphatic carbocycles. The summed E-state index contributed by atoms with van der Waals surface area (Å²) >= 11 is 0. The van der Waals surface area contributed by atoms with Crippen LogP contribution in [0, 0.1) is 0 Å². The van der Waals surface area contributed by atoms with Crippen LogP contribution >= 0.6 is 0 Å². The maximum absolute atomic E-state index is 5.27. The van der Waals surface area contributed by atoms with Crippen LogP contribution in [0.4, 0.5) is 0 Å². The number of hydrogen-bond donors (Lipinski definition) is 1. The summed E-state index contributed by atoms with van der Waals surface area (Å²) in [5.41, 5.74) is 4.04. The number of rotatable bonds is 1. The van der Waals surface area contributed by atoms with Gasteiger partial charge >= 0.3 is 0 Å². The van der Waals surface area contributed by atoms with Crippen molar-refractivity contribution in [2.75, 3.05) is 6.54 Å². The van der Waals surface area contributed by atoms with Gasteiger partial charge in [-0.05, 0) is 19.1 Å². The lowest BCUT2D eigenvalue weighted by Gasteiger charge is -2.03. The first kappa shape index (κ1) is 6.46. The highest BCUT2D eigenvalue weighted by Crippen LogP contribution is 2.19. The quantitative estimate of drug-likeness (QED) is 0.656. The molecule has 1 unspecified atom stereocenters. The van der Waals surface area contributed by atoms with E-state index < -0.39 is 0 Å². The Morgan fingerprint density at radius 3 is 3.18 bits per heavy atom. The Balaban J connectivity index is 2.25. The Labute approximate surface area is 65.1 Å². The van der Waals surface area contributed by atoms with Gasteiger partial charge in [-0.1, -0.05) is 0 Å². The van der Waals surface area contributed by atoms with E-state index in [1.807, 2.05) is 19.1 Å². The molecule has 0 fully saturated rings. The fourth-order valence-electron chi connectivity index (χ4n) is 1.28. The topological polar surface area (TPSA) is 37.5 Å². The van der Waals surface area contributed by atoms with Crippen LogP contribution < -0.4 is 5.43 Å². The van der Waals surface area contributed by atoms with Crippen LogP contribution in [0.25, 0.3) is 0 Å². The molecule has 3 nitrogen and oxygen atoms in total. The predicted octanol–water partition coefficient (Wildman–Crippen LogP) is 1.34. The van der Waals surface area contributed by atoms with Gasteiger partial charge in [0.1, 0.15) is 5.76 Å². The minimum atomic E-state index is 0.338. The van der Waals surface area contributed by atoms with Crippen molar-refractivity contribution >= 4 is 5.71 Å². The van der Waals surface area contributed by atoms with Gasteiger partial charge in [0.15, 0.2) is 0 Å². The van der Waals surface area contributed by atoms with Gasteiger partial charge in [0.05, 0.1) is 12.2 Å². The molecular weight excluding hydrogens is 140 g/mol. The number of nitrogens with zero attached hydrogens (tertiary/aromatic N) is 1. The van der Waals surface area contributed by atoms with E-state index in [0.717, 1.165) is 18.0 Å². The summed E-state index contributed by atoms with van der Waals surface area (Å²) in [5, 5.41) is 4.08. The number of hydrogen-bond acceptors (Lipinski definition) is 3. The minimum absolute atomic E-state index is 0.338. The third-order valence-corrected chi connectivity index (χ3v) is 1.94. The normalized spacial score (nSPS) is 23.0. The van der Waals surface area contributed by atoms with E-state index in [9.17, 15) is 0 Å². The maximum Gasteiger partial charge on any atom is 0.114 e. The van der Waals surface area contributed by atoms with Gasteiger partial charge in [-0.3, -0.25) is 0 Å². The molecule has 0 bridgehead atoms. The molecule has 1 atom stereocenters. The maximum atomic E-state index is 5.27. The fraction of sp³-hybridized carbons (Fsp3) is 0.375. The summed E-state index contributed by atoms with van der Waals surface area (Å²) in [4.78, 5) is 0. The first-order chi connectivity index (χ1) is 5.38. The first-order valence-electron chi connectivity index (χ1n) is 3.68. The van der Waals surface area contributed by atoms with Crippen molar-refractivity contribution in [3.63, 3.8) is 0 Å². The second kappa shape index (κ2) is 2.42. The van der Waals surface area contributed by atoms with Gasteiger partial charge in [-0.2, -0.15) is 5.10 Å². The molecule has 11 heavy (non-hydrogen) atoms. The van der Waals surface area contributed by atoms with Crippen molar-refractivity contribution in [2.24, 2.45) is 5.10 Å². The van der Waals surface area contributed by atoms with Gasteiger partial charge in [0.25, 0.3) is 0 Å². The summed E-state index contributed by atoms with van der Waals surface area (Å²) in [6.07, 6.45) is 1.70. The van der Waals surface area contributed by atoms with Crippen LogP contribution in [-0.2, 0) is 0 Å². The molecular formula is C8H10N2O. The third kappa shape index (κ3) is 1.02. The predicted molar refractivity (Wildman–Crippen MR) is 42.6 cm³/mol. The second-order valence-electron chi connectivity index (χ2n) is 2.68. The van der Waals surface area contributed by atoms with E-state index in [2.05, 4.69) is 10.5 Å². The highest BCUT2D eigenvalue weighted by molar-refractivity contribution is 5.89. The summed E-state index contributed by atoms with van der Waals surface area (Å²) in [5.74, 6) is 1.33. The minimum Gasteiger partial charge on any atom is -0.469 e. The van der Waals surface area contributed by atoms with E-state index >= 15 is 0 Å². The summed E-state index contributed by atoms with van der Waals surface area (Å²) < 4.78 is 5.27. The molecule has 0 saturated heterocycles. The molecule has 0 radical (unpaired) electrons. The van der Waals surface area contributed by atoms with Gasteiger partial charge in [-0.15, -0.1) is 0 Å². The Bertz CT molecular complexity index is 264. The van der Waals surface area contributed by atoms with Crippen molar-refractivity contribution < 1.29 is 4.42 Å².